The fraction of sp³-hybridized carbons (Fsp3) is 0.167. The first-order valence-electron chi connectivity index (χ1n) is 8.08. The fourth-order valence-electron chi connectivity index (χ4n) is 2.52. The predicted molar refractivity (Wildman–Crippen MR) is 103 cm³/mol. The van der Waals surface area contributed by atoms with E-state index in [4.69, 9.17) is 4.74 Å². The van der Waals surface area contributed by atoms with Gasteiger partial charge >= 0.3 is 0 Å². The summed E-state index contributed by atoms with van der Waals surface area (Å²) in [6.07, 6.45) is 0. The van der Waals surface area contributed by atoms with E-state index in [1.54, 1.807) is 31.2 Å². The lowest BCUT2D eigenvalue weighted by Gasteiger charge is -2.11. The van der Waals surface area contributed by atoms with E-state index in [1.165, 1.54) is 14.0 Å². The third-order valence-electron chi connectivity index (χ3n) is 3.78. The van der Waals surface area contributed by atoms with Crippen molar-refractivity contribution in [2.45, 2.75) is 13.8 Å². The highest BCUT2D eigenvalue weighted by Crippen LogP contribution is 2.25. The summed E-state index contributed by atoms with van der Waals surface area (Å²) in [5, 5.41) is 16.7. The summed E-state index contributed by atoms with van der Waals surface area (Å²) in [5.41, 5.74) is -0.206. The molecule has 3 rings (SSSR count). The van der Waals surface area contributed by atoms with E-state index in [9.17, 15) is 19.5 Å². The molecule has 9 nitrogen and oxygen atoms in total. The predicted octanol–water partition coefficient (Wildman–Crippen LogP) is 2.17. The van der Waals surface area contributed by atoms with Crippen LogP contribution in [-0.2, 0) is 0 Å². The van der Waals surface area contributed by atoms with Gasteiger partial charge in [0.25, 0.3) is 11.5 Å². The zero-order valence-electron chi connectivity index (χ0n) is 15.2. The maximum atomic E-state index is 12.6. The number of methoxy groups -OCH3 is 1. The second-order valence-corrected chi connectivity index (χ2v) is 6.74. The van der Waals surface area contributed by atoms with E-state index in [0.29, 0.717) is 22.0 Å². The van der Waals surface area contributed by atoms with Crippen LogP contribution in [0.1, 0.15) is 32.8 Å². The van der Waals surface area contributed by atoms with Gasteiger partial charge in [-0.3, -0.25) is 19.7 Å². The largest absolute Gasteiger partial charge is 0.505 e. The molecule has 10 heteroatoms. The summed E-state index contributed by atoms with van der Waals surface area (Å²) < 4.78 is 6.18. The summed E-state index contributed by atoms with van der Waals surface area (Å²) in [4.78, 5) is 40.9. The number of aromatic hydroxyl groups is 1. The fourth-order valence-corrected chi connectivity index (χ4v) is 3.38. The Bertz CT molecular complexity index is 1140. The highest BCUT2D eigenvalue weighted by molar-refractivity contribution is 7.17. The van der Waals surface area contributed by atoms with Crippen LogP contribution in [-0.4, -0.2) is 38.7 Å². The minimum atomic E-state index is -0.773. The standard InChI is InChI=1S/C18H16N4O5S/c1-9-16(10(2)23)28-18(19-9)20-17(26)15-12(24)8-14(25)22(21-15)11-6-4-5-7-13(11)27-3/h4-8,24H,1-3H3,(H,19,20,26). The molecule has 0 atom stereocenters. The van der Waals surface area contributed by atoms with E-state index >= 15 is 0 Å². The molecule has 0 spiro atoms. The summed E-state index contributed by atoms with van der Waals surface area (Å²) in [6.45, 7) is 3.06. The molecular formula is C18H16N4O5S. The maximum absolute atomic E-state index is 12.6. The number of amides is 1. The first kappa shape index (κ1) is 19.2. The van der Waals surface area contributed by atoms with Gasteiger partial charge in [-0.15, -0.1) is 0 Å². The van der Waals surface area contributed by atoms with Crippen molar-refractivity contribution in [1.82, 2.24) is 14.8 Å². The number of nitrogens with one attached hydrogen (secondary N) is 1. The van der Waals surface area contributed by atoms with Gasteiger partial charge in [0.1, 0.15) is 11.4 Å². The highest BCUT2D eigenvalue weighted by Gasteiger charge is 2.20. The Hall–Kier alpha value is -3.53. The van der Waals surface area contributed by atoms with Gasteiger partial charge in [-0.2, -0.15) is 9.78 Å². The lowest BCUT2D eigenvalue weighted by atomic mass is 10.3. The van der Waals surface area contributed by atoms with Gasteiger partial charge in [0.2, 0.25) is 0 Å². The van der Waals surface area contributed by atoms with Gasteiger partial charge in [-0.1, -0.05) is 23.5 Å². The van der Waals surface area contributed by atoms with Crippen molar-refractivity contribution in [3.8, 4) is 17.2 Å². The van der Waals surface area contributed by atoms with Gasteiger partial charge in [0.05, 0.1) is 17.7 Å². The summed E-state index contributed by atoms with van der Waals surface area (Å²) in [7, 11) is 1.44. The van der Waals surface area contributed by atoms with Crippen LogP contribution in [0.3, 0.4) is 0 Å². The van der Waals surface area contributed by atoms with Crippen molar-refractivity contribution in [3.63, 3.8) is 0 Å². The molecule has 0 unspecified atom stereocenters. The van der Waals surface area contributed by atoms with E-state index in [0.717, 1.165) is 22.1 Å². The molecule has 0 saturated carbocycles. The Morgan fingerprint density at radius 1 is 1.29 bits per heavy atom. The molecule has 28 heavy (non-hydrogen) atoms. The van der Waals surface area contributed by atoms with Gasteiger partial charge < -0.3 is 9.84 Å². The van der Waals surface area contributed by atoms with E-state index in [-0.39, 0.29) is 16.6 Å². The number of ketones is 1. The topological polar surface area (TPSA) is 123 Å². The highest BCUT2D eigenvalue weighted by atomic mass is 32.1. The average Bonchev–Trinajstić information content (AvgIpc) is 3.02. The SMILES string of the molecule is COc1ccccc1-n1nc(C(=O)Nc2nc(C)c(C(C)=O)s2)c(O)cc1=O. The van der Waals surface area contributed by atoms with Gasteiger partial charge in [0.15, 0.2) is 22.4 Å². The quantitative estimate of drug-likeness (QED) is 0.629. The zero-order valence-corrected chi connectivity index (χ0v) is 16.0. The number of Topliss-reactive ketones (excluding diaryl/α,β-unsaturated/α-hetero) is 1. The van der Waals surface area contributed by atoms with Gasteiger partial charge in [-0.05, 0) is 19.1 Å². The van der Waals surface area contributed by atoms with Crippen molar-refractivity contribution in [2.24, 2.45) is 0 Å². The number of anilines is 1. The first-order chi connectivity index (χ1) is 13.3. The number of thiazole rings is 1. The second kappa shape index (κ2) is 7.61. The van der Waals surface area contributed by atoms with E-state index in [1.807, 2.05) is 0 Å². The molecule has 0 fully saturated rings. The van der Waals surface area contributed by atoms with E-state index < -0.39 is 17.2 Å². The van der Waals surface area contributed by atoms with Crippen LogP contribution in [0.25, 0.3) is 5.69 Å². The van der Waals surface area contributed by atoms with Crippen LogP contribution in [0.5, 0.6) is 11.5 Å². The molecule has 2 N–H and O–H groups in total. The number of benzene rings is 1. The van der Waals surface area contributed by atoms with Crippen molar-refractivity contribution < 1.29 is 19.4 Å². The summed E-state index contributed by atoms with van der Waals surface area (Å²) in [6, 6.07) is 7.52. The summed E-state index contributed by atoms with van der Waals surface area (Å²) in [5.74, 6) is -1.14. The number of aryl methyl sites for hydroxylation is 1. The lowest BCUT2D eigenvalue weighted by molar-refractivity contribution is 0.101. The maximum Gasteiger partial charge on any atom is 0.281 e. The smallest absolute Gasteiger partial charge is 0.281 e. The third kappa shape index (κ3) is 3.62. The monoisotopic (exact) mass is 400 g/mol. The van der Waals surface area contributed by atoms with E-state index in [2.05, 4.69) is 15.4 Å². The Labute approximate surface area is 163 Å². The molecule has 3 aromatic rings. The molecule has 2 heterocycles. The number of aromatic nitrogens is 3. The van der Waals surface area contributed by atoms with Crippen LogP contribution in [0.2, 0.25) is 0 Å². The molecule has 1 aromatic carbocycles. The van der Waals surface area contributed by atoms with Crippen molar-refractivity contribution in [2.75, 3.05) is 12.4 Å². The number of hydrogen-bond acceptors (Lipinski definition) is 8. The normalized spacial score (nSPS) is 10.5. The Morgan fingerprint density at radius 3 is 2.64 bits per heavy atom. The number of nitrogens with zero attached hydrogens (tertiary/aromatic N) is 3. The van der Waals surface area contributed by atoms with Crippen LogP contribution in [0.15, 0.2) is 35.1 Å². The molecule has 0 aliphatic heterocycles. The Balaban J connectivity index is 2.00. The molecule has 2 aromatic heterocycles. The Morgan fingerprint density at radius 2 is 2.00 bits per heavy atom. The molecule has 1 amide bonds. The third-order valence-corrected chi connectivity index (χ3v) is 4.95. The lowest BCUT2D eigenvalue weighted by Crippen LogP contribution is -2.25. The number of carbonyl (C=O) groups is 2. The molecule has 0 radical (unpaired) electrons. The first-order valence-corrected chi connectivity index (χ1v) is 8.90. The molecule has 144 valence electrons. The number of rotatable bonds is 5. The van der Waals surface area contributed by atoms with Crippen LogP contribution < -0.4 is 15.6 Å². The molecule has 0 aliphatic rings. The van der Waals surface area contributed by atoms with Crippen LogP contribution in [0, 0.1) is 6.92 Å². The van der Waals surface area contributed by atoms with Crippen molar-refractivity contribution >= 4 is 28.2 Å². The van der Waals surface area contributed by atoms with Crippen molar-refractivity contribution in [1.29, 1.82) is 0 Å². The molecule has 0 aliphatic carbocycles. The number of para-hydroxylation sites is 2. The molecule has 0 bridgehead atoms. The molecule has 0 saturated heterocycles. The zero-order chi connectivity index (χ0) is 20.4. The number of carbonyl (C=O) groups excluding carboxylic acids is 2. The number of hydrogen-bond donors (Lipinski definition) is 2. The average molecular weight is 400 g/mol. The van der Waals surface area contributed by atoms with Gasteiger partial charge in [-0.25, -0.2) is 4.98 Å². The minimum Gasteiger partial charge on any atom is -0.505 e. The Kier molecular flexibility index (Phi) is 5.23. The van der Waals surface area contributed by atoms with Gasteiger partial charge in [0, 0.05) is 13.0 Å². The van der Waals surface area contributed by atoms with Crippen LogP contribution in [0.4, 0.5) is 5.13 Å². The minimum absolute atomic E-state index is 0.166. The second-order valence-electron chi connectivity index (χ2n) is 5.74. The number of ether oxygens (including phenoxy) is 1. The van der Waals surface area contributed by atoms with Crippen molar-refractivity contribution in [3.05, 3.63) is 57.0 Å². The summed E-state index contributed by atoms with van der Waals surface area (Å²) >= 11 is 1.02. The van der Waals surface area contributed by atoms with Crippen LogP contribution >= 0.6 is 11.3 Å². The molecular weight excluding hydrogens is 384 g/mol.